The predicted octanol–water partition coefficient (Wildman–Crippen LogP) is 0.0121. The highest BCUT2D eigenvalue weighted by molar-refractivity contribution is 7.86. The fourth-order valence-corrected chi connectivity index (χ4v) is 1.63. The van der Waals surface area contributed by atoms with Crippen molar-refractivity contribution in [3.63, 3.8) is 0 Å². The second-order valence-corrected chi connectivity index (χ2v) is 3.78. The quantitative estimate of drug-likeness (QED) is 0.436. The summed E-state index contributed by atoms with van der Waals surface area (Å²) in [4.78, 5) is -0.646. The van der Waals surface area contributed by atoms with E-state index in [1.54, 1.807) is 0 Å². The minimum Gasteiger partial charge on any atom is -0.397 e. The van der Waals surface area contributed by atoms with Crippen LogP contribution < -0.4 is 17.2 Å². The highest BCUT2D eigenvalue weighted by Gasteiger charge is 2.19. The van der Waals surface area contributed by atoms with Gasteiger partial charge in [-0.3, -0.25) is 10.3 Å². The highest BCUT2D eigenvalue weighted by Crippen LogP contribution is 2.30. The first-order valence-corrected chi connectivity index (χ1v) is 4.65. The van der Waals surface area contributed by atoms with Crippen molar-refractivity contribution in [3.05, 3.63) is 12.1 Å². The Morgan fingerprint density at radius 1 is 1.31 bits per heavy atom. The lowest BCUT2D eigenvalue weighted by Gasteiger charge is -2.06. The topological polar surface area (TPSA) is 130 Å². The lowest BCUT2D eigenvalue weighted by atomic mass is 10.2. The van der Waals surface area contributed by atoms with Crippen LogP contribution in [0.5, 0.6) is 0 Å². The van der Waals surface area contributed by atoms with Crippen LogP contribution in [0.4, 0.5) is 17.1 Å². The summed E-state index contributed by atoms with van der Waals surface area (Å²) in [6, 6.07) is 2.45. The van der Waals surface area contributed by atoms with Crippen molar-refractivity contribution in [2.24, 2.45) is 0 Å². The molecule has 1 rings (SSSR count). The minimum atomic E-state index is -4.48. The van der Waals surface area contributed by atoms with Crippen molar-refractivity contribution in [1.29, 1.82) is 0 Å². The summed E-state index contributed by atoms with van der Waals surface area (Å²) in [5.74, 6) is 0. The first-order chi connectivity index (χ1) is 5.84. The van der Waals surface area contributed by atoms with E-state index < -0.39 is 15.0 Å². The molecule has 1 aromatic carbocycles. The molecule has 0 fully saturated rings. The van der Waals surface area contributed by atoms with E-state index >= 15 is 0 Å². The van der Waals surface area contributed by atoms with Gasteiger partial charge in [0.1, 0.15) is 4.90 Å². The maximum Gasteiger partial charge on any atom is 0.298 e. The van der Waals surface area contributed by atoms with Gasteiger partial charge in [-0.25, -0.2) is 0 Å². The SMILES string of the molecule is [NH]c1ccc(N)c(N)c1S(=O)(=O)O. The molecule has 7 heteroatoms. The van der Waals surface area contributed by atoms with Crippen LogP contribution in [0.25, 0.3) is 0 Å². The van der Waals surface area contributed by atoms with Crippen LogP contribution in [-0.2, 0) is 10.1 Å². The molecule has 0 saturated carbocycles. The van der Waals surface area contributed by atoms with Crippen molar-refractivity contribution < 1.29 is 13.0 Å². The number of nitrogen functional groups attached to an aromatic ring is 2. The number of hydrogen-bond donors (Lipinski definition) is 3. The summed E-state index contributed by atoms with van der Waals surface area (Å²) in [6.07, 6.45) is 0. The van der Waals surface area contributed by atoms with Gasteiger partial charge in [0.25, 0.3) is 10.1 Å². The van der Waals surface area contributed by atoms with Gasteiger partial charge in [0.15, 0.2) is 0 Å². The zero-order chi connectivity index (χ0) is 10.2. The summed E-state index contributed by atoms with van der Waals surface area (Å²) in [6.45, 7) is 0. The Hall–Kier alpha value is -1.47. The second kappa shape index (κ2) is 2.79. The standard InChI is InChI=1S/C6H8N3O3S/c7-3-1-2-4(8)6(5(3)9)13(10,11)12/h1-2,8H,7,9H2,(H,10,11,12). The Kier molecular flexibility index (Phi) is 2.06. The summed E-state index contributed by atoms with van der Waals surface area (Å²) in [5, 5.41) is 0. The Morgan fingerprint density at radius 2 is 1.85 bits per heavy atom. The molecule has 0 bridgehead atoms. The van der Waals surface area contributed by atoms with Crippen LogP contribution in [0.3, 0.4) is 0 Å². The number of anilines is 2. The molecule has 0 aliphatic rings. The van der Waals surface area contributed by atoms with E-state index in [-0.39, 0.29) is 17.1 Å². The largest absolute Gasteiger partial charge is 0.397 e. The normalized spacial score (nSPS) is 11.5. The number of nitrogens with two attached hydrogens (primary N) is 2. The molecule has 0 atom stereocenters. The van der Waals surface area contributed by atoms with Crippen LogP contribution in [0.15, 0.2) is 17.0 Å². The third-order valence-corrected chi connectivity index (χ3v) is 2.44. The van der Waals surface area contributed by atoms with Gasteiger partial charge in [0.05, 0.1) is 17.1 Å². The van der Waals surface area contributed by atoms with Gasteiger partial charge in [0.2, 0.25) is 0 Å². The Labute approximate surface area is 75.1 Å². The van der Waals surface area contributed by atoms with Crippen molar-refractivity contribution in [2.45, 2.75) is 4.90 Å². The van der Waals surface area contributed by atoms with E-state index in [4.69, 9.17) is 21.8 Å². The zero-order valence-electron chi connectivity index (χ0n) is 6.48. The number of hydrogen-bond acceptors (Lipinski definition) is 4. The zero-order valence-corrected chi connectivity index (χ0v) is 7.30. The minimum absolute atomic E-state index is 0.0172. The van der Waals surface area contributed by atoms with E-state index in [0.29, 0.717) is 0 Å². The predicted molar refractivity (Wildman–Crippen MR) is 47.8 cm³/mol. The molecular weight excluding hydrogens is 194 g/mol. The third kappa shape index (κ3) is 1.65. The average molecular weight is 202 g/mol. The Balaban J connectivity index is 3.62. The molecule has 0 unspecified atom stereocenters. The van der Waals surface area contributed by atoms with Crippen LogP contribution in [-0.4, -0.2) is 13.0 Å². The van der Waals surface area contributed by atoms with Gasteiger partial charge in [-0.05, 0) is 12.1 Å². The summed E-state index contributed by atoms with van der Waals surface area (Å²) >= 11 is 0. The summed E-state index contributed by atoms with van der Waals surface area (Å²) < 4.78 is 30.1. The number of rotatable bonds is 1. The second-order valence-electron chi connectivity index (χ2n) is 2.42. The molecule has 0 saturated heterocycles. The molecule has 71 valence electrons. The molecule has 0 aromatic heterocycles. The molecule has 0 amide bonds. The summed E-state index contributed by atoms with van der Waals surface area (Å²) in [7, 11) is -4.48. The van der Waals surface area contributed by atoms with Gasteiger partial charge in [-0.15, -0.1) is 0 Å². The molecular formula is C6H8N3O3S. The Bertz CT molecular complexity index is 441. The van der Waals surface area contributed by atoms with E-state index in [2.05, 4.69) is 0 Å². The average Bonchev–Trinajstić information content (AvgIpc) is 1.95. The maximum absolute atomic E-state index is 10.7. The van der Waals surface area contributed by atoms with Gasteiger partial charge >= 0.3 is 0 Å². The molecule has 0 spiro atoms. The van der Waals surface area contributed by atoms with Crippen molar-refractivity contribution >= 4 is 27.2 Å². The molecule has 1 aromatic rings. The first kappa shape index (κ1) is 9.62. The van der Waals surface area contributed by atoms with Crippen molar-refractivity contribution in [1.82, 2.24) is 5.73 Å². The van der Waals surface area contributed by atoms with Crippen LogP contribution in [0.2, 0.25) is 0 Å². The molecule has 6 N–H and O–H groups in total. The fraction of sp³-hybridized carbons (Fsp3) is 0. The van der Waals surface area contributed by atoms with Gasteiger partial charge in [-0.2, -0.15) is 8.42 Å². The molecule has 0 aliphatic heterocycles. The van der Waals surface area contributed by atoms with Gasteiger partial charge in [0, 0.05) is 0 Å². The monoisotopic (exact) mass is 202 g/mol. The lowest BCUT2D eigenvalue weighted by Crippen LogP contribution is -2.06. The molecule has 1 radical (unpaired) electrons. The molecule has 0 heterocycles. The van der Waals surface area contributed by atoms with E-state index in [0.717, 1.165) is 6.07 Å². The van der Waals surface area contributed by atoms with Crippen LogP contribution in [0, 0.1) is 0 Å². The third-order valence-electron chi connectivity index (χ3n) is 1.49. The first-order valence-electron chi connectivity index (χ1n) is 3.21. The number of benzene rings is 1. The van der Waals surface area contributed by atoms with Crippen molar-refractivity contribution in [3.8, 4) is 0 Å². The van der Waals surface area contributed by atoms with Crippen molar-refractivity contribution in [2.75, 3.05) is 11.5 Å². The molecule has 0 aliphatic carbocycles. The van der Waals surface area contributed by atoms with Gasteiger partial charge in [-0.1, -0.05) is 0 Å². The Morgan fingerprint density at radius 3 is 2.23 bits per heavy atom. The maximum atomic E-state index is 10.7. The smallest absolute Gasteiger partial charge is 0.298 e. The van der Waals surface area contributed by atoms with Gasteiger partial charge < -0.3 is 11.5 Å². The molecule has 13 heavy (non-hydrogen) atoms. The van der Waals surface area contributed by atoms with E-state index in [1.165, 1.54) is 6.07 Å². The van der Waals surface area contributed by atoms with E-state index in [1.807, 2.05) is 0 Å². The van der Waals surface area contributed by atoms with E-state index in [9.17, 15) is 8.42 Å². The van der Waals surface area contributed by atoms with Crippen LogP contribution >= 0.6 is 0 Å². The number of nitrogens with one attached hydrogen (secondary N) is 1. The van der Waals surface area contributed by atoms with Crippen LogP contribution in [0.1, 0.15) is 0 Å². The fourth-order valence-electron chi connectivity index (χ4n) is 0.893. The summed E-state index contributed by atoms with van der Waals surface area (Å²) in [5.41, 5.74) is 17.1. The highest BCUT2D eigenvalue weighted by atomic mass is 32.2. The molecule has 6 nitrogen and oxygen atoms in total. The lowest BCUT2D eigenvalue weighted by molar-refractivity contribution is 0.484.